The van der Waals surface area contributed by atoms with Crippen LogP contribution in [0.5, 0.6) is 5.75 Å². The SMILES string of the molecule is CCOc1ccc(Cc2cc(Br)c3c(c2Br)CCC3)cc1. The van der Waals surface area contributed by atoms with E-state index in [1.807, 2.05) is 6.92 Å². The van der Waals surface area contributed by atoms with Gasteiger partial charge in [0.05, 0.1) is 6.61 Å². The Morgan fingerprint density at radius 1 is 1.05 bits per heavy atom. The van der Waals surface area contributed by atoms with Gasteiger partial charge in [-0.2, -0.15) is 0 Å². The smallest absolute Gasteiger partial charge is 0.119 e. The Labute approximate surface area is 143 Å². The Morgan fingerprint density at radius 3 is 2.48 bits per heavy atom. The summed E-state index contributed by atoms with van der Waals surface area (Å²) in [6.07, 6.45) is 4.58. The lowest BCUT2D eigenvalue weighted by atomic mass is 10.0. The highest BCUT2D eigenvalue weighted by atomic mass is 79.9. The molecule has 0 saturated heterocycles. The van der Waals surface area contributed by atoms with E-state index in [9.17, 15) is 0 Å². The second-order valence-corrected chi connectivity index (χ2v) is 7.04. The third kappa shape index (κ3) is 3.19. The zero-order valence-corrected chi connectivity index (χ0v) is 15.3. The first kappa shape index (κ1) is 15.1. The van der Waals surface area contributed by atoms with Crippen molar-refractivity contribution in [3.63, 3.8) is 0 Å². The van der Waals surface area contributed by atoms with E-state index in [0.717, 1.165) is 12.2 Å². The van der Waals surface area contributed by atoms with Crippen LogP contribution in [0.1, 0.15) is 35.6 Å². The van der Waals surface area contributed by atoms with Crippen LogP contribution in [0.25, 0.3) is 0 Å². The minimum absolute atomic E-state index is 0.711. The predicted molar refractivity (Wildman–Crippen MR) is 94.3 cm³/mol. The van der Waals surface area contributed by atoms with Crippen LogP contribution in [-0.4, -0.2) is 6.61 Å². The Morgan fingerprint density at radius 2 is 1.76 bits per heavy atom. The topological polar surface area (TPSA) is 9.23 Å². The summed E-state index contributed by atoms with van der Waals surface area (Å²) in [5, 5.41) is 0. The fourth-order valence-electron chi connectivity index (χ4n) is 2.97. The maximum Gasteiger partial charge on any atom is 0.119 e. The number of benzene rings is 2. The summed E-state index contributed by atoms with van der Waals surface area (Å²) >= 11 is 7.55. The van der Waals surface area contributed by atoms with Crippen molar-refractivity contribution in [2.45, 2.75) is 32.6 Å². The van der Waals surface area contributed by atoms with Gasteiger partial charge < -0.3 is 4.74 Å². The van der Waals surface area contributed by atoms with Gasteiger partial charge in [-0.15, -0.1) is 0 Å². The monoisotopic (exact) mass is 408 g/mol. The molecule has 0 aliphatic heterocycles. The molecule has 1 nitrogen and oxygen atoms in total. The maximum absolute atomic E-state index is 5.50. The molecule has 0 atom stereocenters. The summed E-state index contributed by atoms with van der Waals surface area (Å²) in [4.78, 5) is 0. The van der Waals surface area contributed by atoms with Crippen LogP contribution in [0.3, 0.4) is 0 Å². The molecule has 0 aromatic heterocycles. The second kappa shape index (κ2) is 6.53. The molecule has 0 heterocycles. The fourth-order valence-corrected chi connectivity index (χ4v) is 4.37. The van der Waals surface area contributed by atoms with Crippen molar-refractivity contribution in [2.75, 3.05) is 6.61 Å². The Hall–Kier alpha value is -0.800. The molecule has 1 aliphatic carbocycles. The van der Waals surface area contributed by atoms with E-state index in [0.29, 0.717) is 6.61 Å². The summed E-state index contributed by atoms with van der Waals surface area (Å²) in [5.41, 5.74) is 5.64. The molecule has 21 heavy (non-hydrogen) atoms. The molecule has 0 bridgehead atoms. The highest BCUT2D eigenvalue weighted by molar-refractivity contribution is 9.11. The van der Waals surface area contributed by atoms with Gasteiger partial charge >= 0.3 is 0 Å². The van der Waals surface area contributed by atoms with E-state index in [1.165, 1.54) is 50.5 Å². The van der Waals surface area contributed by atoms with Crippen molar-refractivity contribution in [2.24, 2.45) is 0 Å². The Bertz CT molecular complexity index is 647. The summed E-state index contributed by atoms with van der Waals surface area (Å²) in [5.74, 6) is 0.940. The molecular formula is C18H18Br2O. The molecule has 1 aliphatic rings. The molecule has 0 N–H and O–H groups in total. The van der Waals surface area contributed by atoms with Crippen molar-refractivity contribution in [1.82, 2.24) is 0 Å². The van der Waals surface area contributed by atoms with Crippen LogP contribution in [0, 0.1) is 0 Å². The molecular weight excluding hydrogens is 392 g/mol. The average Bonchev–Trinajstić information content (AvgIpc) is 2.97. The molecule has 0 amide bonds. The highest BCUT2D eigenvalue weighted by Gasteiger charge is 2.19. The van der Waals surface area contributed by atoms with Gasteiger partial charge in [-0.25, -0.2) is 0 Å². The lowest BCUT2D eigenvalue weighted by Gasteiger charge is -2.12. The van der Waals surface area contributed by atoms with Crippen LogP contribution >= 0.6 is 31.9 Å². The first-order valence-corrected chi connectivity index (χ1v) is 8.98. The fraction of sp³-hybridized carbons (Fsp3) is 0.333. The van der Waals surface area contributed by atoms with Crippen molar-refractivity contribution >= 4 is 31.9 Å². The highest BCUT2D eigenvalue weighted by Crippen LogP contribution is 2.37. The third-order valence-corrected chi connectivity index (χ3v) is 5.68. The summed E-state index contributed by atoms with van der Waals surface area (Å²) < 4.78 is 8.06. The number of hydrogen-bond acceptors (Lipinski definition) is 1. The normalized spacial score (nSPS) is 13.3. The number of halogens is 2. The van der Waals surface area contributed by atoms with Crippen LogP contribution in [0.2, 0.25) is 0 Å². The largest absolute Gasteiger partial charge is 0.494 e. The maximum atomic E-state index is 5.50. The van der Waals surface area contributed by atoms with Gasteiger partial charge in [0.2, 0.25) is 0 Å². The summed E-state index contributed by atoms with van der Waals surface area (Å²) in [6.45, 7) is 2.72. The molecule has 2 aromatic rings. The zero-order valence-electron chi connectivity index (χ0n) is 12.1. The number of hydrogen-bond donors (Lipinski definition) is 0. The van der Waals surface area contributed by atoms with E-state index >= 15 is 0 Å². The molecule has 3 heteroatoms. The molecule has 0 saturated carbocycles. The van der Waals surface area contributed by atoms with Crippen molar-refractivity contribution < 1.29 is 4.74 Å². The summed E-state index contributed by atoms with van der Waals surface area (Å²) in [6, 6.07) is 10.7. The van der Waals surface area contributed by atoms with Gasteiger partial charge in [0.15, 0.2) is 0 Å². The van der Waals surface area contributed by atoms with E-state index in [4.69, 9.17) is 4.74 Å². The first-order valence-electron chi connectivity index (χ1n) is 7.39. The van der Waals surface area contributed by atoms with Crippen molar-refractivity contribution in [3.8, 4) is 5.75 Å². The van der Waals surface area contributed by atoms with Gasteiger partial charge in [-0.3, -0.25) is 0 Å². The first-order chi connectivity index (χ1) is 10.2. The van der Waals surface area contributed by atoms with Crippen LogP contribution in [-0.2, 0) is 19.3 Å². The molecule has 2 aromatic carbocycles. The number of ether oxygens (including phenoxy) is 1. The lowest BCUT2D eigenvalue weighted by Crippen LogP contribution is -1.96. The minimum atomic E-state index is 0.711. The zero-order chi connectivity index (χ0) is 14.8. The van der Waals surface area contributed by atoms with E-state index in [2.05, 4.69) is 62.2 Å². The lowest BCUT2D eigenvalue weighted by molar-refractivity contribution is 0.340. The van der Waals surface area contributed by atoms with Crippen molar-refractivity contribution in [3.05, 3.63) is 61.5 Å². The molecule has 0 fully saturated rings. The van der Waals surface area contributed by atoms with Gasteiger partial charge in [0.1, 0.15) is 5.75 Å². The Kier molecular flexibility index (Phi) is 4.70. The van der Waals surface area contributed by atoms with Gasteiger partial charge in [-0.05, 0) is 73.1 Å². The Balaban J connectivity index is 1.86. The summed E-state index contributed by atoms with van der Waals surface area (Å²) in [7, 11) is 0. The van der Waals surface area contributed by atoms with Crippen LogP contribution in [0.4, 0.5) is 0 Å². The standard InChI is InChI=1S/C18H18Br2O/c1-2-21-14-8-6-12(7-9-14)10-13-11-17(19)15-4-3-5-16(15)18(13)20/h6-9,11H,2-5,10H2,1H3. The van der Waals surface area contributed by atoms with Gasteiger partial charge in [0, 0.05) is 8.95 Å². The van der Waals surface area contributed by atoms with Crippen LogP contribution in [0.15, 0.2) is 39.3 Å². The molecule has 110 valence electrons. The van der Waals surface area contributed by atoms with Crippen LogP contribution < -0.4 is 4.74 Å². The second-order valence-electron chi connectivity index (χ2n) is 5.40. The van der Waals surface area contributed by atoms with Crippen molar-refractivity contribution in [1.29, 1.82) is 0 Å². The average molecular weight is 410 g/mol. The van der Waals surface area contributed by atoms with Gasteiger partial charge in [-0.1, -0.05) is 44.0 Å². The number of fused-ring (bicyclic) bond motifs is 1. The van der Waals surface area contributed by atoms with E-state index < -0.39 is 0 Å². The molecule has 0 unspecified atom stereocenters. The van der Waals surface area contributed by atoms with E-state index in [-0.39, 0.29) is 0 Å². The van der Waals surface area contributed by atoms with E-state index in [1.54, 1.807) is 0 Å². The molecule has 0 radical (unpaired) electrons. The van der Waals surface area contributed by atoms with Gasteiger partial charge in [0.25, 0.3) is 0 Å². The quantitative estimate of drug-likeness (QED) is 0.630. The molecule has 3 rings (SSSR count). The molecule has 0 spiro atoms. The number of rotatable bonds is 4. The third-order valence-electron chi connectivity index (χ3n) is 3.98. The minimum Gasteiger partial charge on any atom is -0.494 e. The predicted octanol–water partition coefficient (Wildman–Crippen LogP) is 5.69.